The predicted octanol–water partition coefficient (Wildman–Crippen LogP) is 3.91. The summed E-state index contributed by atoms with van der Waals surface area (Å²) < 4.78 is 10.3. The molecule has 0 fully saturated rings. The highest BCUT2D eigenvalue weighted by Crippen LogP contribution is 2.27. The Morgan fingerprint density at radius 1 is 0.741 bits per heavy atom. The van der Waals surface area contributed by atoms with Crippen LogP contribution in [0, 0.1) is 0 Å². The highest BCUT2D eigenvalue weighted by Gasteiger charge is 2.11. The summed E-state index contributed by atoms with van der Waals surface area (Å²) in [6.45, 7) is -0.627. The van der Waals surface area contributed by atoms with Gasteiger partial charge in [0.25, 0.3) is 5.91 Å². The zero-order valence-corrected chi connectivity index (χ0v) is 14.6. The minimum atomic E-state index is -0.606. The number of para-hydroxylation sites is 2. The molecule has 5 heteroatoms. The number of amides is 1. The molecule has 0 aliphatic carbocycles. The Kier molecular flexibility index (Phi) is 6.20. The molecule has 3 aromatic carbocycles. The van der Waals surface area contributed by atoms with Crippen LogP contribution in [0.4, 0.5) is 5.69 Å². The molecule has 0 saturated heterocycles. The van der Waals surface area contributed by atoms with Crippen molar-refractivity contribution in [2.24, 2.45) is 0 Å². The van der Waals surface area contributed by atoms with Gasteiger partial charge in [-0.05, 0) is 23.8 Å². The van der Waals surface area contributed by atoms with Gasteiger partial charge >= 0.3 is 5.97 Å². The Morgan fingerprint density at radius 2 is 1.37 bits per heavy atom. The summed E-state index contributed by atoms with van der Waals surface area (Å²) in [6, 6.07) is 26.1. The van der Waals surface area contributed by atoms with Gasteiger partial charge in [-0.15, -0.1) is 0 Å². The minimum absolute atomic E-state index is 0.252. The first kappa shape index (κ1) is 18.2. The monoisotopic (exact) mass is 361 g/mol. The first-order chi connectivity index (χ1) is 13.2. The number of esters is 1. The fraction of sp³-hybridized carbons (Fsp3) is 0.0909. The maximum absolute atomic E-state index is 12.1. The van der Waals surface area contributed by atoms with Gasteiger partial charge in [0.2, 0.25) is 0 Å². The number of benzene rings is 3. The lowest BCUT2D eigenvalue weighted by Gasteiger charge is -2.11. The van der Waals surface area contributed by atoms with Crippen molar-refractivity contribution in [1.29, 1.82) is 0 Å². The Hall–Kier alpha value is -3.60. The molecule has 0 spiro atoms. The van der Waals surface area contributed by atoms with Crippen LogP contribution in [0.25, 0.3) is 11.1 Å². The van der Waals surface area contributed by atoms with Gasteiger partial charge in [0, 0.05) is 11.3 Å². The number of rotatable bonds is 7. The molecule has 3 rings (SSSR count). The van der Waals surface area contributed by atoms with Crippen molar-refractivity contribution in [3.05, 3.63) is 84.9 Å². The predicted molar refractivity (Wildman–Crippen MR) is 103 cm³/mol. The largest absolute Gasteiger partial charge is 0.482 e. The number of carbonyl (C=O) groups excluding carboxylic acids is 2. The zero-order chi connectivity index (χ0) is 18.9. The normalized spacial score (nSPS) is 10.1. The van der Waals surface area contributed by atoms with E-state index in [9.17, 15) is 9.59 Å². The second kappa shape index (κ2) is 9.20. The molecule has 1 N–H and O–H groups in total. The van der Waals surface area contributed by atoms with Gasteiger partial charge in [0.1, 0.15) is 5.75 Å². The summed E-state index contributed by atoms with van der Waals surface area (Å²) in [6.07, 6.45) is 0. The molecule has 0 aromatic heterocycles. The molecule has 27 heavy (non-hydrogen) atoms. The third-order valence-corrected chi connectivity index (χ3v) is 3.75. The van der Waals surface area contributed by atoms with E-state index < -0.39 is 11.9 Å². The van der Waals surface area contributed by atoms with Crippen LogP contribution in [-0.2, 0) is 14.3 Å². The fourth-order valence-electron chi connectivity index (χ4n) is 2.49. The van der Waals surface area contributed by atoms with E-state index in [2.05, 4.69) is 5.32 Å². The minimum Gasteiger partial charge on any atom is -0.482 e. The number of anilines is 1. The molecule has 0 heterocycles. The van der Waals surface area contributed by atoms with Crippen LogP contribution in [0.5, 0.6) is 5.75 Å². The van der Waals surface area contributed by atoms with Gasteiger partial charge in [-0.1, -0.05) is 66.7 Å². The van der Waals surface area contributed by atoms with E-state index in [-0.39, 0.29) is 13.2 Å². The first-order valence-electron chi connectivity index (χ1n) is 8.50. The molecule has 0 unspecified atom stereocenters. The quantitative estimate of drug-likeness (QED) is 0.648. The number of carbonyl (C=O) groups is 2. The average Bonchev–Trinajstić information content (AvgIpc) is 2.72. The van der Waals surface area contributed by atoms with Gasteiger partial charge in [0.05, 0.1) is 0 Å². The van der Waals surface area contributed by atoms with E-state index in [0.29, 0.717) is 11.4 Å². The van der Waals surface area contributed by atoms with Crippen LogP contribution in [0.2, 0.25) is 0 Å². The summed E-state index contributed by atoms with van der Waals surface area (Å²) in [4.78, 5) is 23.9. The molecule has 5 nitrogen and oxygen atoms in total. The maximum Gasteiger partial charge on any atom is 0.344 e. The van der Waals surface area contributed by atoms with Gasteiger partial charge in [-0.2, -0.15) is 0 Å². The number of hydrogen-bond donors (Lipinski definition) is 1. The molecule has 0 atom stereocenters. The topological polar surface area (TPSA) is 64.6 Å². The summed E-state index contributed by atoms with van der Waals surface area (Å²) >= 11 is 0. The summed E-state index contributed by atoms with van der Waals surface area (Å²) in [5.74, 6) is -0.451. The first-order valence-corrected chi connectivity index (χ1v) is 8.50. The highest BCUT2D eigenvalue weighted by atomic mass is 16.6. The van der Waals surface area contributed by atoms with E-state index in [1.807, 2.05) is 54.6 Å². The molecule has 0 aliphatic heterocycles. The van der Waals surface area contributed by atoms with Crippen LogP contribution in [-0.4, -0.2) is 25.1 Å². The van der Waals surface area contributed by atoms with Crippen molar-refractivity contribution in [2.75, 3.05) is 18.5 Å². The second-order valence-corrected chi connectivity index (χ2v) is 5.72. The summed E-state index contributed by atoms with van der Waals surface area (Å²) in [5, 5.41) is 2.78. The molecule has 0 radical (unpaired) electrons. The molecule has 1 amide bonds. The van der Waals surface area contributed by atoms with Crippen molar-refractivity contribution >= 4 is 17.6 Å². The lowest BCUT2D eigenvalue weighted by molar-refractivity contribution is -0.149. The Balaban J connectivity index is 1.52. The second-order valence-electron chi connectivity index (χ2n) is 5.72. The van der Waals surface area contributed by atoms with Gasteiger partial charge in [0.15, 0.2) is 13.2 Å². The van der Waals surface area contributed by atoms with Crippen molar-refractivity contribution in [3.8, 4) is 16.9 Å². The molecule has 136 valence electrons. The van der Waals surface area contributed by atoms with Crippen LogP contribution >= 0.6 is 0 Å². The van der Waals surface area contributed by atoms with Gasteiger partial charge in [-0.25, -0.2) is 4.79 Å². The fourth-order valence-corrected chi connectivity index (χ4v) is 2.49. The van der Waals surface area contributed by atoms with Crippen molar-refractivity contribution in [3.63, 3.8) is 0 Å². The molecule has 0 bridgehead atoms. The Bertz CT molecular complexity index is 894. The van der Waals surface area contributed by atoms with E-state index in [1.165, 1.54) is 0 Å². The Morgan fingerprint density at radius 3 is 2.11 bits per heavy atom. The standard InChI is InChI=1S/C22H19NO4/c24-21(15-27-22(25)16-26-18-11-5-2-6-12-18)23-20-14-8-7-13-19(20)17-9-3-1-4-10-17/h1-14H,15-16H2,(H,23,24). The van der Waals surface area contributed by atoms with Crippen LogP contribution in [0.3, 0.4) is 0 Å². The lowest BCUT2D eigenvalue weighted by Crippen LogP contribution is -2.23. The number of nitrogens with one attached hydrogen (secondary N) is 1. The third-order valence-electron chi connectivity index (χ3n) is 3.75. The summed E-state index contributed by atoms with van der Waals surface area (Å²) in [5.41, 5.74) is 2.54. The number of hydrogen-bond acceptors (Lipinski definition) is 4. The van der Waals surface area contributed by atoms with Crippen molar-refractivity contribution in [1.82, 2.24) is 0 Å². The Labute approximate surface area is 157 Å². The van der Waals surface area contributed by atoms with E-state index >= 15 is 0 Å². The van der Waals surface area contributed by atoms with Crippen LogP contribution in [0.1, 0.15) is 0 Å². The highest BCUT2D eigenvalue weighted by molar-refractivity contribution is 5.96. The summed E-state index contributed by atoms with van der Waals surface area (Å²) in [7, 11) is 0. The number of ether oxygens (including phenoxy) is 2. The van der Waals surface area contributed by atoms with E-state index in [1.54, 1.807) is 30.3 Å². The zero-order valence-electron chi connectivity index (χ0n) is 14.6. The third kappa shape index (κ3) is 5.44. The lowest BCUT2D eigenvalue weighted by atomic mass is 10.0. The van der Waals surface area contributed by atoms with E-state index in [0.717, 1.165) is 11.1 Å². The van der Waals surface area contributed by atoms with Gasteiger partial charge in [-0.3, -0.25) is 4.79 Å². The molecule has 3 aromatic rings. The van der Waals surface area contributed by atoms with Crippen LogP contribution < -0.4 is 10.1 Å². The molecular weight excluding hydrogens is 342 g/mol. The van der Waals surface area contributed by atoms with Crippen LogP contribution in [0.15, 0.2) is 84.9 Å². The van der Waals surface area contributed by atoms with Gasteiger partial charge < -0.3 is 14.8 Å². The molecule has 0 saturated carbocycles. The molecule has 0 aliphatic rings. The van der Waals surface area contributed by atoms with Crippen molar-refractivity contribution in [2.45, 2.75) is 0 Å². The van der Waals surface area contributed by atoms with E-state index in [4.69, 9.17) is 9.47 Å². The molecular formula is C22H19NO4. The average molecular weight is 361 g/mol. The SMILES string of the molecule is O=C(COC(=O)COc1ccccc1)Nc1ccccc1-c1ccccc1. The maximum atomic E-state index is 12.1. The smallest absolute Gasteiger partial charge is 0.344 e. The van der Waals surface area contributed by atoms with Crippen molar-refractivity contribution < 1.29 is 19.1 Å².